The average molecular weight is 357 g/mol. The average Bonchev–Trinajstić information content (AvgIpc) is 3.21. The Morgan fingerprint density at radius 2 is 2.04 bits per heavy atom. The fourth-order valence-corrected chi connectivity index (χ4v) is 4.78. The number of fused-ring (bicyclic) bond motifs is 1. The normalized spacial score (nSPS) is 11.8. The maximum Gasteiger partial charge on any atom is 0.289 e. The van der Waals surface area contributed by atoms with Crippen molar-refractivity contribution in [2.24, 2.45) is 0 Å². The maximum atomic E-state index is 5.13. The lowest BCUT2D eigenvalue weighted by Crippen LogP contribution is -2.03. The molecule has 0 saturated carbocycles. The van der Waals surface area contributed by atoms with E-state index in [9.17, 15) is 0 Å². The second-order valence-corrected chi connectivity index (χ2v) is 7.95. The molecule has 0 bridgehead atoms. The van der Waals surface area contributed by atoms with Gasteiger partial charge < -0.3 is 4.74 Å². The highest BCUT2D eigenvalue weighted by Crippen LogP contribution is 2.37. The van der Waals surface area contributed by atoms with E-state index < -0.39 is 9.70 Å². The van der Waals surface area contributed by atoms with Crippen LogP contribution < -0.4 is 4.74 Å². The highest BCUT2D eigenvalue weighted by Gasteiger charge is 2.20. The van der Waals surface area contributed by atoms with Crippen molar-refractivity contribution in [2.75, 3.05) is 7.11 Å². The van der Waals surface area contributed by atoms with E-state index >= 15 is 0 Å². The number of tetrazole rings is 1. The van der Waals surface area contributed by atoms with Crippen molar-refractivity contribution in [1.82, 2.24) is 29.6 Å². The molecule has 3 heterocycles. The molecule has 0 aliphatic carbocycles. The summed E-state index contributed by atoms with van der Waals surface area (Å²) in [6, 6.07) is 13.8. The second kappa shape index (κ2) is 6.54. The molecule has 1 unspecified atom stereocenters. The molecule has 1 atom stereocenters. The smallest absolute Gasteiger partial charge is 0.289 e. The lowest BCUT2D eigenvalue weighted by atomic mass is 10.2. The van der Waals surface area contributed by atoms with Gasteiger partial charge in [0.05, 0.1) is 19.0 Å². The van der Waals surface area contributed by atoms with E-state index in [-0.39, 0.29) is 0 Å². The molecule has 7 nitrogen and oxygen atoms in total. The standard InChI is InChI=1S/C15H13N6OS2/c1-22-13-8-7-12-10-24(19-14(12)16-13)23-15-17-20-21(18-15)9-11-5-3-2-4-6-11/h2-8,10H,9H2,1H3/q+1. The summed E-state index contributed by atoms with van der Waals surface area (Å²) in [5.74, 6) is 0.563. The number of hydrogen-bond acceptors (Lipinski definition) is 7. The summed E-state index contributed by atoms with van der Waals surface area (Å²) in [5.41, 5.74) is 1.83. The highest BCUT2D eigenvalue weighted by molar-refractivity contribution is 8.44. The molecule has 0 fully saturated rings. The maximum absolute atomic E-state index is 5.13. The van der Waals surface area contributed by atoms with Gasteiger partial charge >= 0.3 is 0 Å². The Morgan fingerprint density at radius 1 is 1.17 bits per heavy atom. The van der Waals surface area contributed by atoms with Crippen LogP contribution in [0.5, 0.6) is 5.88 Å². The number of ether oxygens (including phenoxy) is 1. The molecular formula is C15H13N6OS2+. The lowest BCUT2D eigenvalue weighted by molar-refractivity contribution is 0.399. The predicted molar refractivity (Wildman–Crippen MR) is 93.2 cm³/mol. The number of aromatic nitrogens is 6. The van der Waals surface area contributed by atoms with Gasteiger partial charge in [-0.05, 0) is 21.2 Å². The Bertz CT molecular complexity index is 968. The number of pyridine rings is 1. The van der Waals surface area contributed by atoms with Gasteiger partial charge in [-0.3, -0.25) is 0 Å². The van der Waals surface area contributed by atoms with Gasteiger partial charge in [0.15, 0.2) is 15.1 Å². The molecule has 4 aromatic rings. The van der Waals surface area contributed by atoms with E-state index in [0.717, 1.165) is 10.9 Å². The van der Waals surface area contributed by atoms with Gasteiger partial charge in [-0.2, -0.15) is 9.78 Å². The Balaban J connectivity index is 1.51. The molecule has 0 N–H and O–H groups in total. The summed E-state index contributed by atoms with van der Waals surface area (Å²) >= 11 is 0. The van der Waals surface area contributed by atoms with Crippen LogP contribution in [-0.2, 0) is 6.54 Å². The monoisotopic (exact) mass is 357 g/mol. The van der Waals surface area contributed by atoms with Gasteiger partial charge in [-0.25, -0.2) is 0 Å². The van der Waals surface area contributed by atoms with Gasteiger partial charge in [0.1, 0.15) is 0 Å². The molecule has 1 aromatic carbocycles. The van der Waals surface area contributed by atoms with E-state index in [1.54, 1.807) is 11.9 Å². The minimum Gasteiger partial charge on any atom is -0.481 e. The fraction of sp³-hybridized carbons (Fsp3) is 0.133. The van der Waals surface area contributed by atoms with Crippen molar-refractivity contribution < 1.29 is 4.74 Å². The van der Waals surface area contributed by atoms with Crippen LogP contribution in [0.15, 0.2) is 53.0 Å². The van der Waals surface area contributed by atoms with Gasteiger partial charge in [-0.1, -0.05) is 35.4 Å². The molecule has 9 heteroatoms. The third-order valence-corrected chi connectivity index (χ3v) is 6.02. The summed E-state index contributed by atoms with van der Waals surface area (Å²) in [5, 5.41) is 16.3. The summed E-state index contributed by atoms with van der Waals surface area (Å²) in [4.78, 5) is 5.93. The minimum absolute atomic E-state index is 0.398. The van der Waals surface area contributed by atoms with Crippen LogP contribution in [0.4, 0.5) is 0 Å². The van der Waals surface area contributed by atoms with Crippen LogP contribution in [0.3, 0.4) is 0 Å². The molecule has 120 valence electrons. The first kappa shape index (κ1) is 15.0. The van der Waals surface area contributed by atoms with Crippen LogP contribution in [0, 0.1) is 0 Å². The number of hydrogen-bond donors (Lipinski definition) is 0. The van der Waals surface area contributed by atoms with Crippen molar-refractivity contribution >= 4 is 31.5 Å². The topological polar surface area (TPSA) is 78.6 Å². The van der Waals surface area contributed by atoms with E-state index in [1.807, 2.05) is 42.5 Å². The zero-order chi connectivity index (χ0) is 16.4. The first-order valence-corrected chi connectivity index (χ1v) is 9.73. The van der Waals surface area contributed by atoms with Gasteiger partial charge in [0.2, 0.25) is 22.3 Å². The number of nitrogens with zero attached hydrogens (tertiary/aromatic N) is 6. The first-order chi connectivity index (χ1) is 11.8. The Hall–Kier alpha value is -2.52. The molecule has 3 aromatic heterocycles. The molecule has 0 aliphatic heterocycles. The van der Waals surface area contributed by atoms with Crippen molar-refractivity contribution in [3.8, 4) is 5.88 Å². The molecule has 0 radical (unpaired) electrons. The molecule has 24 heavy (non-hydrogen) atoms. The molecule has 4 rings (SSSR count). The first-order valence-electron chi connectivity index (χ1n) is 7.15. The zero-order valence-electron chi connectivity index (χ0n) is 12.7. The Labute approximate surface area is 144 Å². The summed E-state index contributed by atoms with van der Waals surface area (Å²) in [7, 11) is 2.67. The Morgan fingerprint density at radius 3 is 2.88 bits per heavy atom. The highest BCUT2D eigenvalue weighted by atomic mass is 33.1. The minimum atomic E-state index is -0.398. The van der Waals surface area contributed by atoms with Crippen molar-refractivity contribution in [1.29, 1.82) is 0 Å². The van der Waals surface area contributed by atoms with Gasteiger partial charge in [-0.15, -0.1) is 5.10 Å². The number of benzene rings is 1. The van der Waals surface area contributed by atoms with Crippen LogP contribution >= 0.6 is 20.5 Å². The molecular weight excluding hydrogens is 344 g/mol. The summed E-state index contributed by atoms with van der Waals surface area (Å²) in [6.07, 6.45) is 0. The Kier molecular flexibility index (Phi) is 4.09. The van der Waals surface area contributed by atoms with E-state index in [0.29, 0.717) is 23.2 Å². The van der Waals surface area contributed by atoms with E-state index in [1.165, 1.54) is 10.8 Å². The molecule has 0 saturated heterocycles. The van der Waals surface area contributed by atoms with E-state index in [2.05, 4.69) is 30.1 Å². The van der Waals surface area contributed by atoms with Crippen molar-refractivity contribution in [3.63, 3.8) is 0 Å². The second-order valence-electron chi connectivity index (χ2n) is 4.92. The van der Waals surface area contributed by atoms with E-state index in [4.69, 9.17) is 4.74 Å². The fourth-order valence-electron chi connectivity index (χ4n) is 2.14. The predicted octanol–water partition coefficient (Wildman–Crippen LogP) is 2.98. The quantitative estimate of drug-likeness (QED) is 0.401. The van der Waals surface area contributed by atoms with Crippen LogP contribution in [-0.4, -0.2) is 36.7 Å². The number of rotatable bonds is 5. The molecule has 0 spiro atoms. The van der Waals surface area contributed by atoms with Crippen molar-refractivity contribution in [2.45, 2.75) is 11.7 Å². The molecule has 0 aliphatic rings. The van der Waals surface area contributed by atoms with Gasteiger partial charge in [0, 0.05) is 6.07 Å². The van der Waals surface area contributed by atoms with Gasteiger partial charge in [0.25, 0.3) is 5.16 Å². The van der Waals surface area contributed by atoms with Crippen molar-refractivity contribution in [3.05, 3.63) is 53.4 Å². The molecule has 0 amide bonds. The van der Waals surface area contributed by atoms with Crippen LogP contribution in [0.25, 0.3) is 11.0 Å². The third-order valence-electron chi connectivity index (χ3n) is 3.25. The summed E-state index contributed by atoms with van der Waals surface area (Å²) in [6.45, 7) is 0.599. The lowest BCUT2D eigenvalue weighted by Gasteiger charge is -1.97. The largest absolute Gasteiger partial charge is 0.481 e. The zero-order valence-corrected chi connectivity index (χ0v) is 14.4. The third kappa shape index (κ3) is 3.22. The summed E-state index contributed by atoms with van der Waals surface area (Å²) < 4.78 is 9.70. The van der Waals surface area contributed by atoms with Crippen LogP contribution in [0.2, 0.25) is 0 Å². The SMILES string of the molecule is COc1ccc2c[s+](Sc3nnn(Cc4ccccc4)n3)nc2n1. The number of methoxy groups -OCH3 is 1. The van der Waals surface area contributed by atoms with Crippen LogP contribution in [0.1, 0.15) is 5.56 Å².